The normalized spacial score (nSPS) is 23.7. The van der Waals surface area contributed by atoms with Crippen LogP contribution in [-0.4, -0.2) is 23.6 Å². The van der Waals surface area contributed by atoms with Gasteiger partial charge in [0.05, 0.1) is 0 Å². The molecule has 19 heavy (non-hydrogen) atoms. The van der Waals surface area contributed by atoms with E-state index in [4.69, 9.17) is 11.6 Å². The molecule has 100 valence electrons. The molecule has 0 aromatic heterocycles. The van der Waals surface area contributed by atoms with Crippen LogP contribution in [0.25, 0.3) is 10.8 Å². The van der Waals surface area contributed by atoms with Gasteiger partial charge in [0.2, 0.25) is 0 Å². The maximum Gasteiger partial charge on any atom is 0.125 e. The molecule has 0 fully saturated rings. The van der Waals surface area contributed by atoms with Crippen LogP contribution in [0, 0.1) is 0 Å². The summed E-state index contributed by atoms with van der Waals surface area (Å²) in [5.74, 6) is 0.628. The maximum absolute atomic E-state index is 10.2. The summed E-state index contributed by atoms with van der Waals surface area (Å²) in [6, 6.07) is 10.2. The van der Waals surface area contributed by atoms with Crippen molar-refractivity contribution < 1.29 is 5.11 Å². The van der Waals surface area contributed by atoms with Gasteiger partial charge >= 0.3 is 0 Å². The summed E-state index contributed by atoms with van der Waals surface area (Å²) in [7, 11) is 2.07. The van der Waals surface area contributed by atoms with Gasteiger partial charge < -0.3 is 10.0 Å². The van der Waals surface area contributed by atoms with E-state index in [9.17, 15) is 5.11 Å². The van der Waals surface area contributed by atoms with Gasteiger partial charge in [0.1, 0.15) is 5.75 Å². The van der Waals surface area contributed by atoms with Crippen LogP contribution in [0.5, 0.6) is 5.75 Å². The highest BCUT2D eigenvalue weighted by Gasteiger charge is 2.38. The zero-order chi connectivity index (χ0) is 13.7. The Morgan fingerprint density at radius 2 is 1.89 bits per heavy atom. The molecular weight excluding hydrogens is 258 g/mol. The van der Waals surface area contributed by atoms with Gasteiger partial charge in [-0.05, 0) is 24.8 Å². The van der Waals surface area contributed by atoms with Crippen molar-refractivity contribution in [2.75, 3.05) is 11.9 Å². The minimum absolute atomic E-state index is 0.0617. The number of phenolic OH excluding ortho intramolecular Hbond substituents is 1. The Balaban J connectivity index is 2.37. The number of fused-ring (bicyclic) bond motifs is 3. The Morgan fingerprint density at radius 3 is 2.53 bits per heavy atom. The molecule has 0 unspecified atom stereocenters. The van der Waals surface area contributed by atoms with Crippen LogP contribution >= 0.6 is 11.6 Å². The Kier molecular flexibility index (Phi) is 2.86. The van der Waals surface area contributed by atoms with Gasteiger partial charge in [-0.15, -0.1) is 11.6 Å². The van der Waals surface area contributed by atoms with Crippen LogP contribution in [-0.2, 0) is 0 Å². The van der Waals surface area contributed by atoms with Crippen LogP contribution in [0.1, 0.15) is 25.3 Å². The second-order valence-electron chi connectivity index (χ2n) is 5.43. The van der Waals surface area contributed by atoms with Crippen LogP contribution < -0.4 is 4.90 Å². The van der Waals surface area contributed by atoms with E-state index < -0.39 is 0 Å². The highest BCUT2D eigenvalue weighted by Crippen LogP contribution is 2.49. The molecule has 1 N–H and O–H groups in total. The van der Waals surface area contributed by atoms with E-state index in [2.05, 4.69) is 24.9 Å². The molecule has 1 aliphatic rings. The summed E-state index contributed by atoms with van der Waals surface area (Å²) >= 11 is 6.42. The molecule has 0 saturated heterocycles. The lowest BCUT2D eigenvalue weighted by atomic mass is 9.89. The minimum atomic E-state index is 0.0617. The van der Waals surface area contributed by atoms with Crippen molar-refractivity contribution in [3.8, 4) is 5.75 Å². The number of aromatic hydroxyl groups is 1. The van der Waals surface area contributed by atoms with Crippen molar-refractivity contribution in [1.29, 1.82) is 0 Å². The summed E-state index contributed by atoms with van der Waals surface area (Å²) in [5, 5.41) is 12.3. The maximum atomic E-state index is 10.2. The standard InChI is InChI=1S/C16H18ClNO/c1-9(17)15-10(2)18(3)13-8-14(19)11-6-4-5-7-12(11)16(13)15/h4-10,15,19H,1-3H3/t9-,10+,15-/m1/s1. The van der Waals surface area contributed by atoms with Gasteiger partial charge in [0.15, 0.2) is 0 Å². The van der Waals surface area contributed by atoms with Gasteiger partial charge in [0.25, 0.3) is 0 Å². The number of hydrogen-bond donors (Lipinski definition) is 1. The van der Waals surface area contributed by atoms with Crippen molar-refractivity contribution in [3.05, 3.63) is 35.9 Å². The fourth-order valence-electron chi connectivity index (χ4n) is 3.32. The van der Waals surface area contributed by atoms with E-state index in [1.165, 1.54) is 5.56 Å². The van der Waals surface area contributed by atoms with Gasteiger partial charge in [-0.1, -0.05) is 24.3 Å². The molecule has 0 spiro atoms. The summed E-state index contributed by atoms with van der Waals surface area (Å²) in [6.07, 6.45) is 0. The molecule has 2 aromatic carbocycles. The summed E-state index contributed by atoms with van der Waals surface area (Å²) in [6.45, 7) is 4.24. The van der Waals surface area contributed by atoms with Crippen molar-refractivity contribution in [1.82, 2.24) is 0 Å². The third kappa shape index (κ3) is 1.70. The van der Waals surface area contributed by atoms with Crippen LogP contribution in [0.2, 0.25) is 0 Å². The third-order valence-corrected chi connectivity index (χ3v) is 4.65. The fraction of sp³-hybridized carbons (Fsp3) is 0.375. The molecule has 0 radical (unpaired) electrons. The molecule has 0 bridgehead atoms. The van der Waals surface area contributed by atoms with Crippen molar-refractivity contribution in [2.24, 2.45) is 0 Å². The van der Waals surface area contributed by atoms with E-state index in [-0.39, 0.29) is 11.3 Å². The largest absolute Gasteiger partial charge is 0.507 e. The Hall–Kier alpha value is -1.41. The highest BCUT2D eigenvalue weighted by molar-refractivity contribution is 6.21. The molecule has 2 nitrogen and oxygen atoms in total. The van der Waals surface area contributed by atoms with Crippen molar-refractivity contribution >= 4 is 28.1 Å². The number of halogens is 1. The lowest BCUT2D eigenvalue weighted by Crippen LogP contribution is -2.30. The SMILES string of the molecule is C[C@@H](Cl)[C@H]1c2c(cc(O)c3ccccc23)N(C)[C@H]1C. The zero-order valence-electron chi connectivity index (χ0n) is 11.4. The number of benzene rings is 2. The second kappa shape index (κ2) is 4.31. The predicted molar refractivity (Wildman–Crippen MR) is 81.5 cm³/mol. The topological polar surface area (TPSA) is 23.5 Å². The first-order valence-corrected chi connectivity index (χ1v) is 7.07. The number of alkyl halides is 1. The number of likely N-dealkylation sites (N-methyl/N-ethyl adjacent to an activating group) is 1. The number of anilines is 1. The Bertz CT molecular complexity index is 638. The molecule has 0 aliphatic carbocycles. The van der Waals surface area contributed by atoms with Gasteiger partial charge in [-0.3, -0.25) is 0 Å². The van der Waals surface area contributed by atoms with Gasteiger partial charge in [0, 0.05) is 41.5 Å². The summed E-state index contributed by atoms with van der Waals surface area (Å²) in [4.78, 5) is 2.21. The molecule has 3 atom stereocenters. The van der Waals surface area contributed by atoms with Crippen LogP contribution in [0.15, 0.2) is 30.3 Å². The molecular formula is C16H18ClNO. The average molecular weight is 276 g/mol. The summed E-state index contributed by atoms with van der Waals surface area (Å²) in [5.41, 5.74) is 2.37. The van der Waals surface area contributed by atoms with E-state index in [1.54, 1.807) is 0 Å². The first kappa shape index (κ1) is 12.6. The van der Waals surface area contributed by atoms with E-state index in [0.717, 1.165) is 16.5 Å². The molecule has 3 heteroatoms. The molecule has 2 aromatic rings. The third-order valence-electron chi connectivity index (χ3n) is 4.38. The van der Waals surface area contributed by atoms with Crippen LogP contribution in [0.3, 0.4) is 0 Å². The quantitative estimate of drug-likeness (QED) is 0.792. The molecule has 0 saturated carbocycles. The number of rotatable bonds is 1. The number of hydrogen-bond acceptors (Lipinski definition) is 2. The smallest absolute Gasteiger partial charge is 0.125 e. The van der Waals surface area contributed by atoms with E-state index >= 15 is 0 Å². The first-order valence-electron chi connectivity index (χ1n) is 6.64. The predicted octanol–water partition coefficient (Wildman–Crippen LogP) is 4.09. The van der Waals surface area contributed by atoms with E-state index in [0.29, 0.717) is 11.8 Å². The molecule has 3 rings (SSSR count). The lowest BCUT2D eigenvalue weighted by Gasteiger charge is -2.24. The highest BCUT2D eigenvalue weighted by atomic mass is 35.5. The van der Waals surface area contributed by atoms with E-state index in [1.807, 2.05) is 31.2 Å². The summed E-state index contributed by atoms with van der Waals surface area (Å²) < 4.78 is 0. The lowest BCUT2D eigenvalue weighted by molar-refractivity contribution is 0.481. The Labute approximate surface area is 118 Å². The number of nitrogens with zero attached hydrogens (tertiary/aromatic N) is 1. The Morgan fingerprint density at radius 1 is 1.26 bits per heavy atom. The zero-order valence-corrected chi connectivity index (χ0v) is 12.1. The second-order valence-corrected chi connectivity index (χ2v) is 6.12. The van der Waals surface area contributed by atoms with Crippen molar-refractivity contribution in [3.63, 3.8) is 0 Å². The van der Waals surface area contributed by atoms with Gasteiger partial charge in [-0.2, -0.15) is 0 Å². The number of phenols is 1. The molecule has 1 aliphatic heterocycles. The molecule has 0 amide bonds. The average Bonchev–Trinajstić information content (AvgIpc) is 2.64. The van der Waals surface area contributed by atoms with Gasteiger partial charge in [-0.25, -0.2) is 0 Å². The first-order chi connectivity index (χ1) is 9.02. The van der Waals surface area contributed by atoms with Crippen molar-refractivity contribution in [2.45, 2.75) is 31.2 Å². The fourth-order valence-corrected chi connectivity index (χ4v) is 3.66. The van der Waals surface area contributed by atoms with Crippen LogP contribution in [0.4, 0.5) is 5.69 Å². The minimum Gasteiger partial charge on any atom is -0.507 e. The molecule has 1 heterocycles. The monoisotopic (exact) mass is 275 g/mol.